The summed E-state index contributed by atoms with van der Waals surface area (Å²) in [4.78, 5) is 12.6. The van der Waals surface area contributed by atoms with Gasteiger partial charge in [-0.05, 0) is 38.0 Å². The minimum atomic E-state index is 0.377. The van der Waals surface area contributed by atoms with E-state index in [2.05, 4.69) is 15.8 Å². The van der Waals surface area contributed by atoms with Crippen LogP contribution in [-0.4, -0.2) is 40.8 Å². The molecule has 0 atom stereocenters. The Morgan fingerprint density at radius 1 is 1.40 bits per heavy atom. The van der Waals surface area contributed by atoms with Crippen molar-refractivity contribution in [3.63, 3.8) is 0 Å². The molecule has 0 aliphatic carbocycles. The standard InChI is InChI=1S/C15H19N3O2/c1-2-20-14-3-4-15-12(9-14)10-16-18(15)13-5-7-17(11-19)8-6-13/h3-4,9-11,13H,2,5-8H2,1H3. The maximum absolute atomic E-state index is 10.8. The number of amides is 1. The number of carbonyl (C=O) groups is 1. The predicted octanol–water partition coefficient (Wildman–Crippen LogP) is 2.23. The molecule has 1 aromatic carbocycles. The second-order valence-corrected chi connectivity index (χ2v) is 5.12. The number of ether oxygens (including phenoxy) is 1. The monoisotopic (exact) mass is 273 g/mol. The third-order valence-corrected chi connectivity index (χ3v) is 3.87. The number of aromatic nitrogens is 2. The third-order valence-electron chi connectivity index (χ3n) is 3.87. The van der Waals surface area contributed by atoms with E-state index >= 15 is 0 Å². The van der Waals surface area contributed by atoms with Gasteiger partial charge < -0.3 is 9.64 Å². The van der Waals surface area contributed by atoms with Crippen molar-refractivity contribution in [2.24, 2.45) is 0 Å². The van der Waals surface area contributed by atoms with Crippen LogP contribution in [0.3, 0.4) is 0 Å². The lowest BCUT2D eigenvalue weighted by Gasteiger charge is -2.29. The second kappa shape index (κ2) is 5.53. The molecule has 106 valence electrons. The molecule has 1 aromatic heterocycles. The first-order chi connectivity index (χ1) is 9.81. The van der Waals surface area contributed by atoms with Crippen molar-refractivity contribution < 1.29 is 9.53 Å². The highest BCUT2D eigenvalue weighted by atomic mass is 16.5. The van der Waals surface area contributed by atoms with Crippen molar-refractivity contribution in [2.45, 2.75) is 25.8 Å². The summed E-state index contributed by atoms with van der Waals surface area (Å²) >= 11 is 0. The fourth-order valence-corrected chi connectivity index (χ4v) is 2.81. The maximum Gasteiger partial charge on any atom is 0.209 e. The Kier molecular flexibility index (Phi) is 3.58. The van der Waals surface area contributed by atoms with Crippen molar-refractivity contribution in [2.75, 3.05) is 19.7 Å². The van der Waals surface area contributed by atoms with Crippen LogP contribution in [0.1, 0.15) is 25.8 Å². The minimum absolute atomic E-state index is 0.377. The summed E-state index contributed by atoms with van der Waals surface area (Å²) in [5.74, 6) is 0.885. The first kappa shape index (κ1) is 13.0. The SMILES string of the molecule is CCOc1ccc2c(cnn2C2CCN(C=O)CC2)c1. The molecule has 5 nitrogen and oxygen atoms in total. The Morgan fingerprint density at radius 3 is 2.90 bits per heavy atom. The Labute approximate surface area is 118 Å². The summed E-state index contributed by atoms with van der Waals surface area (Å²) in [6.45, 7) is 4.28. The summed E-state index contributed by atoms with van der Waals surface area (Å²) in [6, 6.07) is 6.47. The van der Waals surface area contributed by atoms with Crippen LogP contribution in [0, 0.1) is 0 Å². The molecule has 0 saturated carbocycles. The van der Waals surface area contributed by atoms with E-state index in [9.17, 15) is 4.79 Å². The van der Waals surface area contributed by atoms with Gasteiger partial charge in [-0.25, -0.2) is 0 Å². The van der Waals surface area contributed by atoms with Gasteiger partial charge in [-0.2, -0.15) is 5.10 Å². The van der Waals surface area contributed by atoms with E-state index in [0.717, 1.165) is 49.0 Å². The minimum Gasteiger partial charge on any atom is -0.494 e. The van der Waals surface area contributed by atoms with Gasteiger partial charge in [0.1, 0.15) is 5.75 Å². The summed E-state index contributed by atoms with van der Waals surface area (Å²) in [5, 5.41) is 5.63. The molecule has 3 rings (SSSR count). The van der Waals surface area contributed by atoms with Crippen LogP contribution in [-0.2, 0) is 4.79 Å². The summed E-state index contributed by atoms with van der Waals surface area (Å²) in [7, 11) is 0. The fraction of sp³-hybridized carbons (Fsp3) is 0.467. The molecule has 0 bridgehead atoms. The van der Waals surface area contributed by atoms with Crippen molar-refractivity contribution in [1.82, 2.24) is 14.7 Å². The predicted molar refractivity (Wildman–Crippen MR) is 76.8 cm³/mol. The number of fused-ring (bicyclic) bond motifs is 1. The smallest absolute Gasteiger partial charge is 0.209 e. The van der Waals surface area contributed by atoms with Gasteiger partial charge in [0.2, 0.25) is 6.41 Å². The zero-order chi connectivity index (χ0) is 13.9. The van der Waals surface area contributed by atoms with Crippen molar-refractivity contribution in [3.05, 3.63) is 24.4 Å². The molecule has 1 aliphatic heterocycles. The first-order valence-corrected chi connectivity index (χ1v) is 7.11. The molecule has 2 heterocycles. The number of hydrogen-bond donors (Lipinski definition) is 0. The van der Waals surface area contributed by atoms with Crippen LogP contribution < -0.4 is 4.74 Å². The van der Waals surface area contributed by atoms with Crippen molar-refractivity contribution in [3.8, 4) is 5.75 Å². The van der Waals surface area contributed by atoms with E-state index in [-0.39, 0.29) is 0 Å². The van der Waals surface area contributed by atoms with Crippen LogP contribution in [0.5, 0.6) is 5.75 Å². The van der Waals surface area contributed by atoms with E-state index in [1.54, 1.807) is 0 Å². The van der Waals surface area contributed by atoms with E-state index in [4.69, 9.17) is 4.74 Å². The van der Waals surface area contributed by atoms with Gasteiger partial charge in [-0.3, -0.25) is 9.48 Å². The average Bonchev–Trinajstić information content (AvgIpc) is 2.91. The summed E-state index contributed by atoms with van der Waals surface area (Å²) < 4.78 is 7.61. The van der Waals surface area contributed by atoms with Gasteiger partial charge >= 0.3 is 0 Å². The van der Waals surface area contributed by atoms with Crippen molar-refractivity contribution >= 4 is 17.3 Å². The Balaban J connectivity index is 1.84. The van der Waals surface area contributed by atoms with E-state index in [0.29, 0.717) is 12.6 Å². The highest BCUT2D eigenvalue weighted by Gasteiger charge is 2.21. The zero-order valence-electron chi connectivity index (χ0n) is 11.7. The molecule has 20 heavy (non-hydrogen) atoms. The maximum atomic E-state index is 10.8. The molecule has 0 unspecified atom stereocenters. The van der Waals surface area contributed by atoms with Crippen LogP contribution in [0.2, 0.25) is 0 Å². The van der Waals surface area contributed by atoms with E-state index in [1.165, 1.54) is 0 Å². The quantitative estimate of drug-likeness (QED) is 0.803. The van der Waals surface area contributed by atoms with Crippen molar-refractivity contribution in [1.29, 1.82) is 0 Å². The molecule has 0 N–H and O–H groups in total. The number of rotatable bonds is 4. The lowest BCUT2D eigenvalue weighted by atomic mass is 10.1. The Bertz CT molecular complexity index is 600. The van der Waals surface area contributed by atoms with Gasteiger partial charge in [0.25, 0.3) is 0 Å². The Morgan fingerprint density at radius 2 is 2.20 bits per heavy atom. The second-order valence-electron chi connectivity index (χ2n) is 5.12. The first-order valence-electron chi connectivity index (χ1n) is 7.11. The van der Waals surface area contributed by atoms with Gasteiger partial charge in [0, 0.05) is 18.5 Å². The number of carbonyl (C=O) groups excluding carboxylic acids is 1. The number of hydrogen-bond acceptors (Lipinski definition) is 3. The van der Waals surface area contributed by atoms with Crippen LogP contribution in [0.25, 0.3) is 10.9 Å². The van der Waals surface area contributed by atoms with E-state index in [1.807, 2.05) is 30.2 Å². The molecular formula is C15H19N3O2. The molecule has 0 spiro atoms. The van der Waals surface area contributed by atoms with E-state index < -0.39 is 0 Å². The highest BCUT2D eigenvalue weighted by molar-refractivity contribution is 5.80. The lowest BCUT2D eigenvalue weighted by molar-refractivity contribution is -0.119. The van der Waals surface area contributed by atoms with Gasteiger partial charge in [-0.15, -0.1) is 0 Å². The topological polar surface area (TPSA) is 47.4 Å². The number of piperidine rings is 1. The van der Waals surface area contributed by atoms with Crippen LogP contribution in [0.15, 0.2) is 24.4 Å². The number of likely N-dealkylation sites (tertiary alicyclic amines) is 1. The molecule has 0 radical (unpaired) electrons. The third kappa shape index (κ3) is 2.35. The molecular weight excluding hydrogens is 254 g/mol. The highest BCUT2D eigenvalue weighted by Crippen LogP contribution is 2.27. The largest absolute Gasteiger partial charge is 0.494 e. The average molecular weight is 273 g/mol. The Hall–Kier alpha value is -2.04. The molecule has 1 saturated heterocycles. The number of benzene rings is 1. The van der Waals surface area contributed by atoms with Gasteiger partial charge in [-0.1, -0.05) is 0 Å². The fourth-order valence-electron chi connectivity index (χ4n) is 2.81. The molecule has 2 aromatic rings. The summed E-state index contributed by atoms with van der Waals surface area (Å²) in [6.07, 6.45) is 4.75. The molecule has 1 aliphatic rings. The molecule has 1 fully saturated rings. The van der Waals surface area contributed by atoms with Crippen LogP contribution in [0.4, 0.5) is 0 Å². The zero-order valence-corrected chi connectivity index (χ0v) is 11.7. The lowest BCUT2D eigenvalue weighted by Crippen LogP contribution is -2.33. The molecule has 1 amide bonds. The molecule has 5 heteroatoms. The van der Waals surface area contributed by atoms with Crippen LogP contribution >= 0.6 is 0 Å². The number of nitrogens with zero attached hydrogens (tertiary/aromatic N) is 3. The normalized spacial score (nSPS) is 16.6. The van der Waals surface area contributed by atoms with Gasteiger partial charge in [0.15, 0.2) is 0 Å². The van der Waals surface area contributed by atoms with Gasteiger partial charge in [0.05, 0.1) is 24.4 Å². The summed E-state index contributed by atoms with van der Waals surface area (Å²) in [5.41, 5.74) is 1.14.